The maximum atomic E-state index is 12.1. The molecule has 2 aromatic rings. The third-order valence-corrected chi connectivity index (χ3v) is 4.70. The number of esters is 2. The first-order valence-corrected chi connectivity index (χ1v) is 9.37. The molecule has 0 fully saturated rings. The summed E-state index contributed by atoms with van der Waals surface area (Å²) in [5.74, 6) is -0.588. The Morgan fingerprint density at radius 2 is 1.33 bits per heavy atom. The van der Waals surface area contributed by atoms with E-state index in [4.69, 9.17) is 9.47 Å². The van der Waals surface area contributed by atoms with Crippen molar-refractivity contribution in [3.8, 4) is 0 Å². The number of hydrogen-bond donors (Lipinski definition) is 0. The zero-order valence-corrected chi connectivity index (χ0v) is 16.6. The van der Waals surface area contributed by atoms with E-state index in [9.17, 15) is 9.59 Å². The minimum absolute atomic E-state index is 0.140. The fraction of sp³-hybridized carbons (Fsp3) is 0.391. The maximum absolute atomic E-state index is 12.1. The fourth-order valence-corrected chi connectivity index (χ4v) is 3.11. The Hall–Kier alpha value is -2.62. The van der Waals surface area contributed by atoms with Crippen molar-refractivity contribution in [2.75, 3.05) is 13.2 Å². The van der Waals surface area contributed by atoms with Crippen LogP contribution in [0, 0.1) is 0 Å². The Kier molecular flexibility index (Phi) is 7.17. The van der Waals surface area contributed by atoms with Gasteiger partial charge >= 0.3 is 11.9 Å². The summed E-state index contributed by atoms with van der Waals surface area (Å²) in [6.07, 6.45) is 0.288. The molecule has 0 atom stereocenters. The highest BCUT2D eigenvalue weighted by Crippen LogP contribution is 2.32. The number of ether oxygens (including phenoxy) is 2. The highest BCUT2D eigenvalue weighted by atomic mass is 16.5. The third kappa shape index (κ3) is 5.43. The molecular weight excluding hydrogens is 340 g/mol. The second-order valence-corrected chi connectivity index (χ2v) is 6.94. The van der Waals surface area contributed by atoms with E-state index >= 15 is 0 Å². The van der Waals surface area contributed by atoms with Crippen molar-refractivity contribution >= 4 is 11.9 Å². The molecular formula is C23H28O4. The molecule has 0 aliphatic carbocycles. The molecule has 0 aromatic heterocycles. The van der Waals surface area contributed by atoms with Crippen molar-refractivity contribution in [1.29, 1.82) is 0 Å². The van der Waals surface area contributed by atoms with Crippen molar-refractivity contribution in [1.82, 2.24) is 0 Å². The SMILES string of the molecule is CCOC(=O)Cc1ccc(C(C)(C)c2ccccc2)cc1CC(=O)OCC. The van der Waals surface area contributed by atoms with Gasteiger partial charge in [-0.1, -0.05) is 62.4 Å². The Labute approximate surface area is 161 Å². The monoisotopic (exact) mass is 368 g/mol. The molecule has 4 nitrogen and oxygen atoms in total. The molecule has 0 aliphatic heterocycles. The number of carbonyl (C=O) groups excluding carboxylic acids is 2. The zero-order valence-electron chi connectivity index (χ0n) is 16.6. The molecule has 4 heteroatoms. The number of rotatable bonds is 8. The van der Waals surface area contributed by atoms with Gasteiger partial charge in [-0.05, 0) is 36.1 Å². The molecule has 27 heavy (non-hydrogen) atoms. The van der Waals surface area contributed by atoms with Gasteiger partial charge < -0.3 is 9.47 Å². The minimum atomic E-state index is -0.294. The number of benzene rings is 2. The first-order chi connectivity index (χ1) is 12.9. The van der Waals surface area contributed by atoms with Crippen LogP contribution in [0.25, 0.3) is 0 Å². The molecule has 144 valence electrons. The van der Waals surface area contributed by atoms with Crippen LogP contribution in [-0.2, 0) is 37.3 Å². The lowest BCUT2D eigenvalue weighted by Gasteiger charge is -2.27. The largest absolute Gasteiger partial charge is 0.466 e. The highest BCUT2D eigenvalue weighted by Gasteiger charge is 2.24. The number of carbonyl (C=O) groups is 2. The summed E-state index contributed by atoms with van der Waals surface area (Å²) in [5, 5.41) is 0. The van der Waals surface area contributed by atoms with Gasteiger partial charge in [0, 0.05) is 5.41 Å². The van der Waals surface area contributed by atoms with Gasteiger partial charge in [-0.3, -0.25) is 9.59 Å². The number of hydrogen-bond acceptors (Lipinski definition) is 4. The van der Waals surface area contributed by atoms with Crippen molar-refractivity contribution in [3.63, 3.8) is 0 Å². The lowest BCUT2D eigenvalue weighted by molar-refractivity contribution is -0.143. The molecule has 0 saturated heterocycles. The second kappa shape index (κ2) is 9.36. The average Bonchev–Trinajstić information content (AvgIpc) is 2.64. The summed E-state index contributed by atoms with van der Waals surface area (Å²) in [6, 6.07) is 16.2. The Morgan fingerprint density at radius 3 is 1.89 bits per heavy atom. The van der Waals surface area contributed by atoms with Crippen LogP contribution in [0.4, 0.5) is 0 Å². The van der Waals surface area contributed by atoms with Crippen LogP contribution in [0.3, 0.4) is 0 Å². The maximum Gasteiger partial charge on any atom is 0.310 e. The van der Waals surface area contributed by atoms with Crippen LogP contribution in [0.15, 0.2) is 48.5 Å². The molecule has 2 rings (SSSR count). The molecule has 0 aliphatic rings. The van der Waals surface area contributed by atoms with Gasteiger partial charge in [0.1, 0.15) is 0 Å². The summed E-state index contributed by atoms with van der Waals surface area (Å²) in [6.45, 7) is 8.54. The zero-order chi connectivity index (χ0) is 19.9. The van der Waals surface area contributed by atoms with E-state index in [-0.39, 0.29) is 30.2 Å². The minimum Gasteiger partial charge on any atom is -0.466 e. The molecule has 0 radical (unpaired) electrons. The fourth-order valence-electron chi connectivity index (χ4n) is 3.11. The van der Waals surface area contributed by atoms with E-state index in [0.717, 1.165) is 16.7 Å². The van der Waals surface area contributed by atoms with Crippen molar-refractivity contribution in [2.24, 2.45) is 0 Å². The van der Waals surface area contributed by atoms with Gasteiger partial charge in [0.15, 0.2) is 0 Å². The van der Waals surface area contributed by atoms with Crippen molar-refractivity contribution in [2.45, 2.75) is 46.0 Å². The Bertz CT molecular complexity index is 778. The van der Waals surface area contributed by atoms with E-state index in [0.29, 0.717) is 13.2 Å². The van der Waals surface area contributed by atoms with Crippen molar-refractivity contribution < 1.29 is 19.1 Å². The molecule has 0 saturated carbocycles. The molecule has 2 aromatic carbocycles. The normalized spacial score (nSPS) is 11.1. The standard InChI is InChI=1S/C23H28O4/c1-5-26-21(24)15-17-12-13-20(14-18(17)16-22(25)27-6-2)23(3,4)19-10-8-7-9-11-19/h7-14H,5-6,15-16H2,1-4H3. The molecule has 0 heterocycles. The molecule has 0 N–H and O–H groups in total. The van der Waals surface area contributed by atoms with E-state index in [2.05, 4.69) is 26.0 Å². The lowest BCUT2D eigenvalue weighted by Crippen LogP contribution is -2.20. The van der Waals surface area contributed by atoms with Gasteiger partial charge in [0.2, 0.25) is 0 Å². The molecule has 0 amide bonds. The quantitative estimate of drug-likeness (QED) is 0.655. The van der Waals surface area contributed by atoms with Gasteiger partial charge in [0.05, 0.1) is 26.1 Å². The topological polar surface area (TPSA) is 52.6 Å². The van der Waals surface area contributed by atoms with Gasteiger partial charge in [-0.2, -0.15) is 0 Å². The summed E-state index contributed by atoms with van der Waals surface area (Å²) < 4.78 is 10.2. The van der Waals surface area contributed by atoms with Crippen molar-refractivity contribution in [3.05, 3.63) is 70.8 Å². The molecule has 0 spiro atoms. The van der Waals surface area contributed by atoms with E-state index in [1.165, 1.54) is 5.56 Å². The Balaban J connectivity index is 2.40. The van der Waals surface area contributed by atoms with Crippen LogP contribution >= 0.6 is 0 Å². The average molecular weight is 368 g/mol. The smallest absolute Gasteiger partial charge is 0.310 e. The van der Waals surface area contributed by atoms with E-state index in [1.807, 2.05) is 36.4 Å². The second-order valence-electron chi connectivity index (χ2n) is 6.94. The highest BCUT2D eigenvalue weighted by molar-refractivity contribution is 5.76. The van der Waals surface area contributed by atoms with E-state index < -0.39 is 0 Å². The van der Waals surface area contributed by atoms with Crippen LogP contribution in [-0.4, -0.2) is 25.2 Å². The van der Waals surface area contributed by atoms with E-state index in [1.54, 1.807) is 13.8 Å². The van der Waals surface area contributed by atoms with Crippen LogP contribution in [0.5, 0.6) is 0 Å². The summed E-state index contributed by atoms with van der Waals surface area (Å²) in [5.41, 5.74) is 3.65. The Morgan fingerprint density at radius 1 is 0.778 bits per heavy atom. The first kappa shape index (κ1) is 20.7. The predicted molar refractivity (Wildman–Crippen MR) is 106 cm³/mol. The summed E-state index contributed by atoms with van der Waals surface area (Å²) >= 11 is 0. The summed E-state index contributed by atoms with van der Waals surface area (Å²) in [4.78, 5) is 24.0. The van der Waals surface area contributed by atoms with Gasteiger partial charge in [-0.15, -0.1) is 0 Å². The first-order valence-electron chi connectivity index (χ1n) is 9.37. The lowest BCUT2D eigenvalue weighted by atomic mass is 9.77. The van der Waals surface area contributed by atoms with Gasteiger partial charge in [-0.25, -0.2) is 0 Å². The predicted octanol–water partition coefficient (Wildman–Crippen LogP) is 4.22. The van der Waals surface area contributed by atoms with Gasteiger partial charge in [0.25, 0.3) is 0 Å². The molecule has 0 unspecified atom stereocenters. The van der Waals surface area contributed by atoms with Crippen LogP contribution < -0.4 is 0 Å². The summed E-state index contributed by atoms with van der Waals surface area (Å²) in [7, 11) is 0. The third-order valence-electron chi connectivity index (χ3n) is 4.70. The molecule has 0 bridgehead atoms. The van der Waals surface area contributed by atoms with Crippen LogP contribution in [0.1, 0.15) is 49.9 Å². The van der Waals surface area contributed by atoms with Crippen LogP contribution in [0.2, 0.25) is 0 Å².